The first-order chi connectivity index (χ1) is 13.9. The van der Waals surface area contributed by atoms with Crippen LogP contribution in [-0.2, 0) is 22.4 Å². The van der Waals surface area contributed by atoms with E-state index in [4.69, 9.17) is 4.74 Å². The van der Waals surface area contributed by atoms with E-state index in [0.717, 1.165) is 12.0 Å². The SMILES string of the molecule is COc1ccc(C[C@@]2(CCC(=O)N(C)CCc3cn[nH]c3)CCC(=O)N2)c(F)c1. The number of rotatable bonds is 9. The van der Waals surface area contributed by atoms with Crippen LogP contribution in [0.5, 0.6) is 5.75 Å². The first-order valence-corrected chi connectivity index (χ1v) is 9.76. The van der Waals surface area contributed by atoms with Crippen LogP contribution < -0.4 is 10.1 Å². The average Bonchev–Trinajstić information content (AvgIpc) is 3.36. The molecule has 29 heavy (non-hydrogen) atoms. The minimum absolute atomic E-state index is 0.00391. The van der Waals surface area contributed by atoms with Crippen molar-refractivity contribution in [2.75, 3.05) is 20.7 Å². The number of nitrogens with one attached hydrogen (secondary N) is 2. The smallest absolute Gasteiger partial charge is 0.222 e. The average molecular weight is 402 g/mol. The summed E-state index contributed by atoms with van der Waals surface area (Å²) in [6.45, 7) is 0.588. The summed E-state index contributed by atoms with van der Waals surface area (Å²) < 4.78 is 19.5. The molecule has 1 atom stereocenters. The fourth-order valence-corrected chi connectivity index (χ4v) is 3.72. The molecule has 2 aromatic rings. The zero-order valence-electron chi connectivity index (χ0n) is 16.8. The molecule has 2 heterocycles. The third-order valence-corrected chi connectivity index (χ3v) is 5.56. The molecule has 3 rings (SSSR count). The van der Waals surface area contributed by atoms with Crippen LogP contribution in [-0.4, -0.2) is 53.2 Å². The molecule has 8 heteroatoms. The highest BCUT2D eigenvalue weighted by Gasteiger charge is 2.38. The Bertz CT molecular complexity index is 856. The molecule has 1 fully saturated rings. The summed E-state index contributed by atoms with van der Waals surface area (Å²) in [6, 6.07) is 4.73. The van der Waals surface area contributed by atoms with Gasteiger partial charge in [-0.15, -0.1) is 0 Å². The van der Waals surface area contributed by atoms with Crippen molar-refractivity contribution in [3.8, 4) is 5.75 Å². The van der Waals surface area contributed by atoms with Crippen LogP contribution >= 0.6 is 0 Å². The molecule has 1 aromatic carbocycles. The first kappa shape index (κ1) is 20.8. The van der Waals surface area contributed by atoms with Crippen LogP contribution in [0.3, 0.4) is 0 Å². The van der Waals surface area contributed by atoms with Crippen LogP contribution in [0, 0.1) is 5.82 Å². The van der Waals surface area contributed by atoms with Crippen molar-refractivity contribution in [1.82, 2.24) is 20.4 Å². The monoisotopic (exact) mass is 402 g/mol. The number of carbonyl (C=O) groups excluding carboxylic acids is 2. The molecule has 156 valence electrons. The number of carbonyl (C=O) groups is 2. The van der Waals surface area contributed by atoms with Crippen molar-refractivity contribution in [1.29, 1.82) is 0 Å². The summed E-state index contributed by atoms with van der Waals surface area (Å²) >= 11 is 0. The second-order valence-electron chi connectivity index (χ2n) is 7.63. The maximum Gasteiger partial charge on any atom is 0.222 e. The topological polar surface area (TPSA) is 87.3 Å². The zero-order valence-corrected chi connectivity index (χ0v) is 16.8. The Morgan fingerprint density at radius 1 is 1.41 bits per heavy atom. The molecule has 0 radical (unpaired) electrons. The van der Waals surface area contributed by atoms with Gasteiger partial charge in [-0.1, -0.05) is 6.07 Å². The highest BCUT2D eigenvalue weighted by molar-refractivity contribution is 5.80. The fraction of sp³-hybridized carbons (Fsp3) is 0.476. The first-order valence-electron chi connectivity index (χ1n) is 9.76. The summed E-state index contributed by atoms with van der Waals surface area (Å²) in [4.78, 5) is 26.2. The molecule has 1 aliphatic heterocycles. The second kappa shape index (κ2) is 9.07. The zero-order chi connectivity index (χ0) is 20.9. The van der Waals surface area contributed by atoms with Gasteiger partial charge in [-0.05, 0) is 42.9 Å². The summed E-state index contributed by atoms with van der Waals surface area (Å²) in [5.41, 5.74) is 0.945. The lowest BCUT2D eigenvalue weighted by Gasteiger charge is -2.30. The van der Waals surface area contributed by atoms with Crippen LogP contribution in [0.4, 0.5) is 4.39 Å². The largest absolute Gasteiger partial charge is 0.497 e. The number of nitrogens with zero attached hydrogens (tertiary/aromatic N) is 2. The summed E-state index contributed by atoms with van der Waals surface area (Å²) in [6.07, 6.45) is 6.36. The Labute approximate surface area is 169 Å². The number of amides is 2. The molecule has 2 N–H and O–H groups in total. The van der Waals surface area contributed by atoms with Gasteiger partial charge in [-0.25, -0.2) is 4.39 Å². The lowest BCUT2D eigenvalue weighted by Crippen LogP contribution is -2.45. The third-order valence-electron chi connectivity index (χ3n) is 5.56. The molecule has 0 unspecified atom stereocenters. The van der Waals surface area contributed by atoms with Gasteiger partial charge in [0.05, 0.1) is 13.3 Å². The highest BCUT2D eigenvalue weighted by Crippen LogP contribution is 2.31. The van der Waals surface area contributed by atoms with Crippen molar-refractivity contribution in [3.63, 3.8) is 0 Å². The molecule has 0 spiro atoms. The standard InChI is InChI=1S/C21H27FN4O3/c1-26(10-7-15-13-23-24-14-15)20(28)6-9-21(8-5-19(27)25-21)12-16-3-4-17(29-2)11-18(16)22/h3-4,11,13-14H,5-10,12H2,1-2H3,(H,23,24)(H,25,27)/t21-/m0/s1. The molecule has 0 aliphatic carbocycles. The van der Waals surface area contributed by atoms with Crippen LogP contribution in [0.25, 0.3) is 0 Å². The van der Waals surface area contributed by atoms with Crippen molar-refractivity contribution in [2.45, 2.75) is 44.1 Å². The number of halogens is 1. The Morgan fingerprint density at radius 2 is 2.24 bits per heavy atom. The van der Waals surface area contributed by atoms with Gasteiger partial charge in [0.2, 0.25) is 11.8 Å². The van der Waals surface area contributed by atoms with Crippen LogP contribution in [0.2, 0.25) is 0 Å². The van der Waals surface area contributed by atoms with Crippen molar-refractivity contribution < 1.29 is 18.7 Å². The minimum atomic E-state index is -0.604. The Hall–Kier alpha value is -2.90. The van der Waals surface area contributed by atoms with Gasteiger partial charge < -0.3 is 15.0 Å². The van der Waals surface area contributed by atoms with E-state index in [1.165, 1.54) is 13.2 Å². The molecule has 1 aromatic heterocycles. The Balaban J connectivity index is 1.61. The van der Waals surface area contributed by atoms with E-state index in [1.54, 1.807) is 30.3 Å². The van der Waals surface area contributed by atoms with E-state index in [1.807, 2.05) is 6.20 Å². The Kier molecular flexibility index (Phi) is 6.51. The normalized spacial score (nSPS) is 18.5. The molecule has 7 nitrogen and oxygen atoms in total. The number of aromatic amines is 1. The number of hydrogen-bond acceptors (Lipinski definition) is 4. The molecule has 2 amide bonds. The molecule has 0 bridgehead atoms. The van der Waals surface area contributed by atoms with Gasteiger partial charge in [0.1, 0.15) is 11.6 Å². The fourth-order valence-electron chi connectivity index (χ4n) is 3.72. The summed E-state index contributed by atoms with van der Waals surface area (Å²) in [5, 5.41) is 9.66. The maximum absolute atomic E-state index is 14.4. The quantitative estimate of drug-likeness (QED) is 0.673. The lowest BCUT2D eigenvalue weighted by atomic mass is 9.84. The van der Waals surface area contributed by atoms with Gasteiger partial charge in [0, 0.05) is 44.2 Å². The predicted octanol–water partition coefficient (Wildman–Crippen LogP) is 2.23. The second-order valence-corrected chi connectivity index (χ2v) is 7.63. The molecular weight excluding hydrogens is 375 g/mol. The number of hydrogen-bond donors (Lipinski definition) is 2. The van der Waals surface area contributed by atoms with E-state index >= 15 is 0 Å². The predicted molar refractivity (Wildman–Crippen MR) is 106 cm³/mol. The molecule has 1 aliphatic rings. The van der Waals surface area contributed by atoms with E-state index in [-0.39, 0.29) is 17.6 Å². The Morgan fingerprint density at radius 3 is 2.86 bits per heavy atom. The van der Waals surface area contributed by atoms with Gasteiger partial charge in [-0.3, -0.25) is 14.7 Å². The number of methoxy groups -OCH3 is 1. The van der Waals surface area contributed by atoms with Gasteiger partial charge in [0.15, 0.2) is 0 Å². The van der Waals surface area contributed by atoms with E-state index in [0.29, 0.717) is 50.0 Å². The van der Waals surface area contributed by atoms with Crippen molar-refractivity contribution >= 4 is 11.8 Å². The number of benzene rings is 1. The van der Waals surface area contributed by atoms with E-state index < -0.39 is 5.54 Å². The van der Waals surface area contributed by atoms with E-state index in [9.17, 15) is 14.0 Å². The van der Waals surface area contributed by atoms with Crippen LogP contribution in [0.1, 0.15) is 36.8 Å². The number of likely N-dealkylation sites (N-methyl/N-ethyl adjacent to an activating group) is 1. The highest BCUT2D eigenvalue weighted by atomic mass is 19.1. The lowest BCUT2D eigenvalue weighted by molar-refractivity contribution is -0.130. The molecule has 0 saturated carbocycles. The van der Waals surface area contributed by atoms with Gasteiger partial charge in [-0.2, -0.15) is 5.10 Å². The number of H-pyrrole nitrogens is 1. The number of aromatic nitrogens is 2. The van der Waals surface area contributed by atoms with Crippen LogP contribution in [0.15, 0.2) is 30.6 Å². The van der Waals surface area contributed by atoms with Gasteiger partial charge in [0.25, 0.3) is 0 Å². The molecular formula is C21H27FN4O3. The third kappa shape index (κ3) is 5.34. The van der Waals surface area contributed by atoms with E-state index in [2.05, 4.69) is 15.5 Å². The van der Waals surface area contributed by atoms with Gasteiger partial charge >= 0.3 is 0 Å². The minimum Gasteiger partial charge on any atom is -0.497 e. The summed E-state index contributed by atoms with van der Waals surface area (Å²) in [5.74, 6) is 0.0301. The number of ether oxygens (including phenoxy) is 1. The summed E-state index contributed by atoms with van der Waals surface area (Å²) in [7, 11) is 3.26. The van der Waals surface area contributed by atoms with Crippen molar-refractivity contribution in [3.05, 3.63) is 47.5 Å². The maximum atomic E-state index is 14.4. The molecule has 1 saturated heterocycles. The van der Waals surface area contributed by atoms with Crippen molar-refractivity contribution in [2.24, 2.45) is 0 Å².